The van der Waals surface area contributed by atoms with Crippen molar-refractivity contribution in [1.82, 2.24) is 4.90 Å². The van der Waals surface area contributed by atoms with Crippen LogP contribution in [0.2, 0.25) is 0 Å². The minimum absolute atomic E-state index is 0.127. The van der Waals surface area contributed by atoms with Crippen LogP contribution in [0.3, 0.4) is 0 Å². The fourth-order valence-corrected chi connectivity index (χ4v) is 3.12. The zero-order valence-corrected chi connectivity index (χ0v) is 13.1. The highest BCUT2D eigenvalue weighted by atomic mass is 16.6. The van der Waals surface area contributed by atoms with Crippen LogP contribution in [-0.2, 0) is 11.2 Å². The first kappa shape index (κ1) is 15.9. The van der Waals surface area contributed by atoms with E-state index in [0.717, 1.165) is 32.2 Å². The highest BCUT2D eigenvalue weighted by Gasteiger charge is 2.25. The number of rotatable bonds is 6. The molecule has 1 saturated carbocycles. The van der Waals surface area contributed by atoms with Crippen LogP contribution in [0.4, 0.5) is 4.79 Å². The minimum atomic E-state index is -0.127. The summed E-state index contributed by atoms with van der Waals surface area (Å²) in [7, 11) is 0. The fraction of sp³-hybridized carbons (Fsp3) is 0.611. The molecule has 1 aromatic carbocycles. The molecule has 1 fully saturated rings. The second-order valence-corrected chi connectivity index (χ2v) is 5.77. The maximum Gasteiger partial charge on any atom is 0.409 e. The summed E-state index contributed by atoms with van der Waals surface area (Å²) in [6.45, 7) is 3.14. The van der Waals surface area contributed by atoms with Crippen molar-refractivity contribution in [3.8, 4) is 0 Å². The van der Waals surface area contributed by atoms with Crippen molar-refractivity contribution in [1.29, 1.82) is 0 Å². The molecule has 21 heavy (non-hydrogen) atoms. The van der Waals surface area contributed by atoms with E-state index >= 15 is 0 Å². The number of hydrogen-bond donors (Lipinski definition) is 0. The molecule has 1 aliphatic carbocycles. The van der Waals surface area contributed by atoms with E-state index in [1.165, 1.54) is 24.8 Å². The van der Waals surface area contributed by atoms with E-state index < -0.39 is 0 Å². The third-order valence-electron chi connectivity index (χ3n) is 4.23. The van der Waals surface area contributed by atoms with Crippen molar-refractivity contribution in [2.45, 2.75) is 57.9 Å². The lowest BCUT2D eigenvalue weighted by Crippen LogP contribution is -2.42. The van der Waals surface area contributed by atoms with Gasteiger partial charge in [-0.3, -0.25) is 0 Å². The highest BCUT2D eigenvalue weighted by molar-refractivity contribution is 5.68. The van der Waals surface area contributed by atoms with Crippen molar-refractivity contribution in [2.75, 3.05) is 13.2 Å². The third-order valence-corrected chi connectivity index (χ3v) is 4.23. The van der Waals surface area contributed by atoms with Crippen molar-refractivity contribution < 1.29 is 9.53 Å². The van der Waals surface area contributed by atoms with E-state index in [4.69, 9.17) is 4.74 Å². The van der Waals surface area contributed by atoms with E-state index in [9.17, 15) is 4.79 Å². The second kappa shape index (κ2) is 8.71. The van der Waals surface area contributed by atoms with Crippen LogP contribution in [0.5, 0.6) is 0 Å². The second-order valence-electron chi connectivity index (χ2n) is 5.77. The zero-order valence-electron chi connectivity index (χ0n) is 13.1. The summed E-state index contributed by atoms with van der Waals surface area (Å²) in [5.41, 5.74) is 1.34. The van der Waals surface area contributed by atoms with E-state index in [1.807, 2.05) is 17.9 Å². The van der Waals surface area contributed by atoms with Gasteiger partial charge >= 0.3 is 6.09 Å². The van der Waals surface area contributed by atoms with E-state index in [2.05, 4.69) is 24.3 Å². The monoisotopic (exact) mass is 289 g/mol. The van der Waals surface area contributed by atoms with Crippen LogP contribution in [0.25, 0.3) is 0 Å². The van der Waals surface area contributed by atoms with Crippen LogP contribution in [0.15, 0.2) is 30.3 Å². The van der Waals surface area contributed by atoms with Crippen LogP contribution in [-0.4, -0.2) is 30.2 Å². The number of benzene rings is 1. The summed E-state index contributed by atoms with van der Waals surface area (Å²) in [5, 5.41) is 0. The topological polar surface area (TPSA) is 29.5 Å². The first-order valence-electron chi connectivity index (χ1n) is 8.28. The van der Waals surface area contributed by atoms with Crippen molar-refractivity contribution >= 4 is 6.09 Å². The number of aryl methyl sites for hydroxylation is 1. The Bertz CT molecular complexity index is 412. The molecular formula is C18H27NO2. The first-order valence-corrected chi connectivity index (χ1v) is 8.28. The molecule has 1 aliphatic rings. The van der Waals surface area contributed by atoms with Crippen molar-refractivity contribution in [3.05, 3.63) is 35.9 Å². The molecule has 0 spiro atoms. The van der Waals surface area contributed by atoms with Crippen LogP contribution < -0.4 is 0 Å². The molecule has 0 radical (unpaired) electrons. The average molecular weight is 289 g/mol. The summed E-state index contributed by atoms with van der Waals surface area (Å²) in [5.74, 6) is 0. The molecule has 3 nitrogen and oxygen atoms in total. The maximum atomic E-state index is 12.2. The van der Waals surface area contributed by atoms with Gasteiger partial charge in [-0.1, -0.05) is 49.6 Å². The van der Waals surface area contributed by atoms with Gasteiger partial charge in [0.2, 0.25) is 0 Å². The molecule has 0 N–H and O–H groups in total. The molecule has 0 atom stereocenters. The molecule has 116 valence electrons. The van der Waals surface area contributed by atoms with E-state index in [-0.39, 0.29) is 6.09 Å². The number of amides is 1. The van der Waals surface area contributed by atoms with Crippen LogP contribution in [0, 0.1) is 0 Å². The molecule has 0 aliphatic heterocycles. The summed E-state index contributed by atoms with van der Waals surface area (Å²) >= 11 is 0. The van der Waals surface area contributed by atoms with Gasteiger partial charge in [-0.25, -0.2) is 4.79 Å². The fourth-order valence-electron chi connectivity index (χ4n) is 3.12. The smallest absolute Gasteiger partial charge is 0.409 e. The number of carbonyl (C=O) groups excluding carboxylic acids is 1. The Kier molecular flexibility index (Phi) is 6.58. The first-order chi connectivity index (χ1) is 10.3. The van der Waals surface area contributed by atoms with Gasteiger partial charge in [-0.05, 0) is 38.2 Å². The van der Waals surface area contributed by atoms with Gasteiger partial charge in [-0.2, -0.15) is 0 Å². The van der Waals surface area contributed by atoms with Crippen molar-refractivity contribution in [2.24, 2.45) is 0 Å². The highest BCUT2D eigenvalue weighted by Crippen LogP contribution is 2.23. The van der Waals surface area contributed by atoms with Gasteiger partial charge < -0.3 is 9.64 Å². The Morgan fingerprint density at radius 2 is 1.90 bits per heavy atom. The van der Waals surface area contributed by atoms with Gasteiger partial charge in [0.25, 0.3) is 0 Å². The lowest BCUT2D eigenvalue weighted by atomic mass is 9.94. The van der Waals surface area contributed by atoms with E-state index in [0.29, 0.717) is 12.6 Å². The average Bonchev–Trinajstić information content (AvgIpc) is 2.53. The molecule has 0 aromatic heterocycles. The molecular weight excluding hydrogens is 262 g/mol. The van der Waals surface area contributed by atoms with Gasteiger partial charge in [-0.15, -0.1) is 0 Å². The standard InChI is InChI=1S/C18H27NO2/c1-2-21-18(20)19(17-13-7-4-8-14-17)15-9-12-16-10-5-3-6-11-16/h3,5-6,10-11,17H,2,4,7-9,12-15H2,1H3. The van der Waals surface area contributed by atoms with Gasteiger partial charge in [0, 0.05) is 12.6 Å². The number of hydrogen-bond acceptors (Lipinski definition) is 2. The van der Waals surface area contributed by atoms with Gasteiger partial charge in [0.1, 0.15) is 0 Å². The molecule has 0 heterocycles. The maximum absolute atomic E-state index is 12.2. The normalized spacial score (nSPS) is 15.7. The predicted octanol–water partition coefficient (Wildman–Crippen LogP) is 4.41. The number of ether oxygens (including phenoxy) is 1. The van der Waals surface area contributed by atoms with Crippen LogP contribution in [0.1, 0.15) is 51.0 Å². The van der Waals surface area contributed by atoms with Crippen molar-refractivity contribution in [3.63, 3.8) is 0 Å². The molecule has 0 bridgehead atoms. The van der Waals surface area contributed by atoms with E-state index in [1.54, 1.807) is 0 Å². The SMILES string of the molecule is CCOC(=O)N(CCCc1ccccc1)C1CCCCC1. The number of carbonyl (C=O) groups is 1. The predicted molar refractivity (Wildman–Crippen MR) is 85.4 cm³/mol. The molecule has 3 heteroatoms. The summed E-state index contributed by atoms with van der Waals surface area (Å²) in [4.78, 5) is 14.2. The molecule has 1 aromatic rings. The zero-order chi connectivity index (χ0) is 14.9. The summed E-state index contributed by atoms with van der Waals surface area (Å²) < 4.78 is 5.25. The largest absolute Gasteiger partial charge is 0.450 e. The molecule has 0 saturated heterocycles. The summed E-state index contributed by atoms with van der Waals surface area (Å²) in [6.07, 6.45) is 7.92. The molecule has 1 amide bonds. The Morgan fingerprint density at radius 3 is 2.57 bits per heavy atom. The quantitative estimate of drug-likeness (QED) is 0.776. The molecule has 2 rings (SSSR count). The molecule has 0 unspecified atom stereocenters. The Labute approximate surface area is 128 Å². The minimum Gasteiger partial charge on any atom is -0.450 e. The lowest BCUT2D eigenvalue weighted by Gasteiger charge is -2.33. The van der Waals surface area contributed by atoms with Gasteiger partial charge in [0.05, 0.1) is 6.61 Å². The Hall–Kier alpha value is -1.51. The summed E-state index contributed by atoms with van der Waals surface area (Å²) in [6, 6.07) is 10.9. The van der Waals surface area contributed by atoms with Crippen LogP contribution >= 0.6 is 0 Å². The number of nitrogens with zero attached hydrogens (tertiary/aromatic N) is 1. The Balaban J connectivity index is 1.87. The van der Waals surface area contributed by atoms with Gasteiger partial charge in [0.15, 0.2) is 0 Å². The lowest BCUT2D eigenvalue weighted by molar-refractivity contribution is 0.0801. The Morgan fingerprint density at radius 1 is 1.19 bits per heavy atom. The third kappa shape index (κ3) is 5.07.